The third-order valence-corrected chi connectivity index (χ3v) is 3.16. The number of ether oxygens (including phenoxy) is 1. The number of rotatable bonds is 5. The minimum absolute atomic E-state index is 0.186. The first-order chi connectivity index (χ1) is 9.63. The number of nitrogens with zero attached hydrogens (tertiary/aromatic N) is 3. The van der Waals surface area contributed by atoms with Gasteiger partial charge in [-0.25, -0.2) is 9.78 Å². The van der Waals surface area contributed by atoms with Crippen LogP contribution in [0.4, 0.5) is 5.13 Å². The van der Waals surface area contributed by atoms with Crippen molar-refractivity contribution in [2.24, 2.45) is 0 Å². The van der Waals surface area contributed by atoms with Crippen LogP contribution >= 0.6 is 11.3 Å². The van der Waals surface area contributed by atoms with Gasteiger partial charge in [0, 0.05) is 18.1 Å². The molecule has 0 saturated carbocycles. The van der Waals surface area contributed by atoms with Crippen LogP contribution < -0.4 is 5.32 Å². The Labute approximate surface area is 119 Å². The Balaban J connectivity index is 2.03. The van der Waals surface area contributed by atoms with Crippen molar-refractivity contribution in [2.75, 3.05) is 11.9 Å². The van der Waals surface area contributed by atoms with Gasteiger partial charge >= 0.3 is 5.97 Å². The van der Waals surface area contributed by atoms with Crippen molar-refractivity contribution in [3.05, 3.63) is 29.0 Å². The molecule has 0 unspecified atom stereocenters. The van der Waals surface area contributed by atoms with Gasteiger partial charge in [-0.15, -0.1) is 11.3 Å². The summed E-state index contributed by atoms with van der Waals surface area (Å²) >= 11 is 1.16. The zero-order chi connectivity index (χ0) is 14.5. The minimum atomic E-state index is -0.500. The van der Waals surface area contributed by atoms with Crippen molar-refractivity contribution in [1.82, 2.24) is 14.8 Å². The molecule has 20 heavy (non-hydrogen) atoms. The molecule has 0 atom stereocenters. The van der Waals surface area contributed by atoms with E-state index in [1.807, 2.05) is 6.92 Å². The number of hydrogen-bond acceptors (Lipinski definition) is 6. The molecule has 0 radical (unpaired) electrons. The first-order valence-corrected chi connectivity index (χ1v) is 6.99. The molecule has 2 aromatic rings. The molecule has 8 heteroatoms. The van der Waals surface area contributed by atoms with Crippen molar-refractivity contribution < 1.29 is 14.3 Å². The van der Waals surface area contributed by atoms with Gasteiger partial charge in [-0.05, 0) is 19.9 Å². The molecule has 0 aromatic carbocycles. The molecule has 106 valence electrons. The predicted octanol–water partition coefficient (Wildman–Crippen LogP) is 1.79. The topological polar surface area (TPSA) is 86.1 Å². The van der Waals surface area contributed by atoms with Crippen LogP contribution in [0.15, 0.2) is 17.6 Å². The highest BCUT2D eigenvalue weighted by Crippen LogP contribution is 2.16. The Morgan fingerprint density at radius 1 is 1.40 bits per heavy atom. The zero-order valence-corrected chi connectivity index (χ0v) is 11.9. The number of anilines is 1. The van der Waals surface area contributed by atoms with E-state index in [0.717, 1.165) is 11.3 Å². The molecule has 1 amide bonds. The lowest BCUT2D eigenvalue weighted by molar-refractivity contribution is 0.0520. The number of carbonyl (C=O) groups is 2. The predicted molar refractivity (Wildman–Crippen MR) is 73.9 cm³/mol. The highest BCUT2D eigenvalue weighted by molar-refractivity contribution is 7.14. The summed E-state index contributed by atoms with van der Waals surface area (Å²) in [6.45, 7) is 4.63. The first kappa shape index (κ1) is 14.2. The van der Waals surface area contributed by atoms with Crippen molar-refractivity contribution in [3.8, 4) is 0 Å². The average Bonchev–Trinajstić information content (AvgIpc) is 3.07. The summed E-state index contributed by atoms with van der Waals surface area (Å²) in [7, 11) is 0. The van der Waals surface area contributed by atoms with Gasteiger partial charge in [-0.1, -0.05) is 0 Å². The molecule has 0 spiro atoms. The van der Waals surface area contributed by atoms with Crippen LogP contribution in [0.1, 0.15) is 34.8 Å². The van der Waals surface area contributed by atoms with Crippen molar-refractivity contribution in [1.29, 1.82) is 0 Å². The second-order valence-corrected chi connectivity index (χ2v) is 4.63. The fourth-order valence-electron chi connectivity index (χ4n) is 1.45. The summed E-state index contributed by atoms with van der Waals surface area (Å²) in [6.07, 6.45) is 1.72. The van der Waals surface area contributed by atoms with Gasteiger partial charge in [0.2, 0.25) is 0 Å². The molecule has 2 aromatic heterocycles. The number of thiazole rings is 1. The Hall–Kier alpha value is -2.22. The van der Waals surface area contributed by atoms with Crippen molar-refractivity contribution in [3.63, 3.8) is 0 Å². The molecule has 1 N–H and O–H groups in total. The standard InChI is InChI=1S/C12H14N4O3S/c1-3-16-6-5-8(15-16)10(17)14-12-13-9(7-20-12)11(18)19-4-2/h5-7H,3-4H2,1-2H3,(H,13,14,17). The quantitative estimate of drug-likeness (QED) is 0.850. The van der Waals surface area contributed by atoms with E-state index in [1.165, 1.54) is 5.38 Å². The number of carbonyl (C=O) groups excluding carboxylic acids is 2. The molecule has 0 bridgehead atoms. The van der Waals surface area contributed by atoms with E-state index in [-0.39, 0.29) is 18.2 Å². The molecule has 0 fully saturated rings. The largest absolute Gasteiger partial charge is 0.461 e. The second kappa shape index (κ2) is 6.29. The van der Waals surface area contributed by atoms with Crippen molar-refractivity contribution >= 4 is 28.3 Å². The maximum atomic E-state index is 11.9. The molecule has 2 rings (SSSR count). The molecule has 0 aliphatic rings. The van der Waals surface area contributed by atoms with Gasteiger partial charge in [0.15, 0.2) is 16.5 Å². The monoisotopic (exact) mass is 294 g/mol. The average molecular weight is 294 g/mol. The van der Waals surface area contributed by atoms with E-state index in [0.29, 0.717) is 17.4 Å². The summed E-state index contributed by atoms with van der Waals surface area (Å²) in [5.41, 5.74) is 0.492. The van der Waals surface area contributed by atoms with Crippen LogP contribution in [0.5, 0.6) is 0 Å². The number of esters is 1. The SMILES string of the molecule is CCOC(=O)c1csc(NC(=O)c2ccn(CC)n2)n1. The Bertz CT molecular complexity index is 620. The van der Waals surface area contributed by atoms with Crippen LogP contribution in [-0.4, -0.2) is 33.2 Å². The van der Waals surface area contributed by atoms with E-state index < -0.39 is 5.97 Å². The van der Waals surface area contributed by atoms with Crippen LogP contribution in [-0.2, 0) is 11.3 Å². The molecule has 0 aliphatic carbocycles. The molecule has 2 heterocycles. The summed E-state index contributed by atoms with van der Waals surface area (Å²) < 4.78 is 6.48. The lowest BCUT2D eigenvalue weighted by Crippen LogP contribution is -2.13. The summed E-state index contributed by atoms with van der Waals surface area (Å²) in [5, 5.41) is 8.56. The molecular formula is C12H14N4O3S. The van der Waals surface area contributed by atoms with Crippen LogP contribution in [0.3, 0.4) is 0 Å². The fourth-order valence-corrected chi connectivity index (χ4v) is 2.12. The lowest BCUT2D eigenvalue weighted by Gasteiger charge is -1.98. The van der Waals surface area contributed by atoms with E-state index in [2.05, 4.69) is 15.4 Å². The fraction of sp³-hybridized carbons (Fsp3) is 0.333. The highest BCUT2D eigenvalue weighted by Gasteiger charge is 2.15. The first-order valence-electron chi connectivity index (χ1n) is 6.11. The molecule has 0 saturated heterocycles. The third kappa shape index (κ3) is 3.21. The number of aryl methyl sites for hydroxylation is 1. The van der Waals surface area contributed by atoms with Gasteiger partial charge in [0.1, 0.15) is 0 Å². The van der Waals surface area contributed by atoms with Gasteiger partial charge < -0.3 is 4.74 Å². The van der Waals surface area contributed by atoms with Crippen molar-refractivity contribution in [2.45, 2.75) is 20.4 Å². The maximum absolute atomic E-state index is 11.9. The zero-order valence-electron chi connectivity index (χ0n) is 11.1. The number of amides is 1. The van der Waals surface area contributed by atoms with Gasteiger partial charge in [-0.2, -0.15) is 5.10 Å². The summed E-state index contributed by atoms with van der Waals surface area (Å²) in [6, 6.07) is 1.62. The van der Waals surface area contributed by atoms with Crippen LogP contribution in [0, 0.1) is 0 Å². The maximum Gasteiger partial charge on any atom is 0.357 e. The Kier molecular flexibility index (Phi) is 4.46. The Morgan fingerprint density at radius 2 is 2.20 bits per heavy atom. The summed E-state index contributed by atoms with van der Waals surface area (Å²) in [5.74, 6) is -0.860. The Morgan fingerprint density at radius 3 is 2.85 bits per heavy atom. The number of hydrogen-bond donors (Lipinski definition) is 1. The smallest absolute Gasteiger partial charge is 0.357 e. The van der Waals surface area contributed by atoms with Gasteiger partial charge in [0.05, 0.1) is 6.61 Å². The highest BCUT2D eigenvalue weighted by atomic mass is 32.1. The summed E-state index contributed by atoms with van der Waals surface area (Å²) in [4.78, 5) is 27.4. The lowest BCUT2D eigenvalue weighted by atomic mass is 10.4. The second-order valence-electron chi connectivity index (χ2n) is 3.77. The van der Waals surface area contributed by atoms with Gasteiger partial charge in [0.25, 0.3) is 5.91 Å². The number of aromatic nitrogens is 3. The molecular weight excluding hydrogens is 280 g/mol. The van der Waals surface area contributed by atoms with Gasteiger partial charge in [-0.3, -0.25) is 14.8 Å². The van der Waals surface area contributed by atoms with E-state index >= 15 is 0 Å². The van der Waals surface area contributed by atoms with Crippen LogP contribution in [0.2, 0.25) is 0 Å². The van der Waals surface area contributed by atoms with E-state index in [9.17, 15) is 9.59 Å². The van der Waals surface area contributed by atoms with E-state index in [1.54, 1.807) is 23.9 Å². The molecule has 0 aliphatic heterocycles. The number of nitrogens with one attached hydrogen (secondary N) is 1. The third-order valence-electron chi connectivity index (χ3n) is 2.41. The van der Waals surface area contributed by atoms with Crippen LogP contribution in [0.25, 0.3) is 0 Å². The van der Waals surface area contributed by atoms with E-state index in [4.69, 9.17) is 4.74 Å². The minimum Gasteiger partial charge on any atom is -0.461 e. The normalized spacial score (nSPS) is 10.3. The molecule has 7 nitrogen and oxygen atoms in total.